The number of anilines is 2. The van der Waals surface area contributed by atoms with Crippen LogP contribution in [0.1, 0.15) is 59.8 Å². The lowest BCUT2D eigenvalue weighted by Gasteiger charge is -2.36. The van der Waals surface area contributed by atoms with Crippen LogP contribution >= 0.6 is 11.3 Å². The van der Waals surface area contributed by atoms with Crippen LogP contribution < -0.4 is 14.4 Å². The molecule has 2 aromatic carbocycles. The van der Waals surface area contributed by atoms with Crippen LogP contribution in [0, 0.1) is 0 Å². The molecule has 13 heteroatoms. The summed E-state index contributed by atoms with van der Waals surface area (Å²) in [5.74, 6) is 1.40. The number of ether oxygens (including phenoxy) is 3. The van der Waals surface area contributed by atoms with Gasteiger partial charge in [0.25, 0.3) is 0 Å². The Morgan fingerprint density at radius 2 is 2.00 bits per heavy atom. The zero-order chi connectivity index (χ0) is 34.9. The summed E-state index contributed by atoms with van der Waals surface area (Å²) in [4.78, 5) is 35.3. The van der Waals surface area contributed by atoms with Crippen molar-refractivity contribution in [2.24, 2.45) is 0 Å². The molecule has 0 spiro atoms. The highest BCUT2D eigenvalue weighted by Gasteiger charge is 2.54. The molecule has 0 aliphatic carbocycles. The number of carbonyl (C=O) groups is 1. The molecule has 8 rings (SSSR count). The predicted molar refractivity (Wildman–Crippen MR) is 193 cm³/mol. The van der Waals surface area contributed by atoms with E-state index in [1.807, 2.05) is 63.9 Å². The fourth-order valence-electron chi connectivity index (χ4n) is 8.47. The molecule has 0 radical (unpaired) electrons. The van der Waals surface area contributed by atoms with Crippen LogP contribution in [0.25, 0.3) is 21.1 Å². The molecule has 4 aliphatic heterocycles. The highest BCUT2D eigenvalue weighted by molar-refractivity contribution is 7.22. The van der Waals surface area contributed by atoms with Crippen LogP contribution in [0.4, 0.5) is 25.8 Å². The number of rotatable bonds is 7. The Labute approximate surface area is 295 Å². The van der Waals surface area contributed by atoms with E-state index in [2.05, 4.69) is 32.7 Å². The lowest BCUT2D eigenvalue weighted by molar-refractivity contribution is -0.452. The summed E-state index contributed by atoms with van der Waals surface area (Å²) in [6, 6.07) is 12.3. The summed E-state index contributed by atoms with van der Waals surface area (Å²) < 4.78 is 34.9. The molecular weight excluding hydrogens is 658 g/mol. The molecule has 50 heavy (non-hydrogen) atoms. The van der Waals surface area contributed by atoms with Gasteiger partial charge in [0.05, 0.1) is 36.6 Å². The van der Waals surface area contributed by atoms with Gasteiger partial charge in [-0.25, -0.2) is 18.7 Å². The maximum atomic E-state index is 14.7. The van der Waals surface area contributed by atoms with E-state index in [1.54, 1.807) is 7.11 Å². The monoisotopic (exact) mass is 702 g/mol. The second-order valence-corrected chi connectivity index (χ2v) is 16.1. The number of methoxy groups -OCH3 is 1. The molecule has 2 aromatic heterocycles. The molecule has 2 bridgehead atoms. The molecule has 4 aliphatic rings. The molecule has 11 nitrogen and oxygen atoms in total. The van der Waals surface area contributed by atoms with Gasteiger partial charge >= 0.3 is 17.9 Å². The number of halogens is 1. The average molecular weight is 703 g/mol. The van der Waals surface area contributed by atoms with Crippen molar-refractivity contribution in [1.29, 1.82) is 0 Å². The van der Waals surface area contributed by atoms with Gasteiger partial charge in [-0.3, -0.25) is 9.80 Å². The second-order valence-electron chi connectivity index (χ2n) is 15.1. The smallest absolute Gasteiger partial charge is 0.435 e. The SMILES string of the molecule is COc1cc(N(C)c2nc3c([N+]4=CC5CCC(C4)N5C(=O)OC(C)(C)C)nc(OC(C)[C@@]45CCCN4C[C@H](F)C5)nc3s2)c2ccccc2c1. The predicted octanol–water partition coefficient (Wildman–Crippen LogP) is 6.86. The molecule has 6 heterocycles. The van der Waals surface area contributed by atoms with Gasteiger partial charge in [-0.15, -0.1) is 0 Å². The van der Waals surface area contributed by atoms with Gasteiger partial charge in [0.1, 0.15) is 30.2 Å². The van der Waals surface area contributed by atoms with Gasteiger partial charge in [-0.2, -0.15) is 4.98 Å². The van der Waals surface area contributed by atoms with Crippen molar-refractivity contribution in [3.05, 3.63) is 36.4 Å². The molecule has 3 unspecified atom stereocenters. The van der Waals surface area contributed by atoms with Gasteiger partial charge in [-0.1, -0.05) is 35.6 Å². The molecule has 4 aromatic rings. The van der Waals surface area contributed by atoms with Crippen LogP contribution in [0.15, 0.2) is 36.4 Å². The van der Waals surface area contributed by atoms with E-state index in [4.69, 9.17) is 29.2 Å². The third-order valence-electron chi connectivity index (χ3n) is 10.8. The minimum atomic E-state index is -0.862. The van der Waals surface area contributed by atoms with Crippen molar-refractivity contribution in [3.63, 3.8) is 0 Å². The van der Waals surface area contributed by atoms with Crippen molar-refractivity contribution < 1.29 is 28.0 Å². The topological polar surface area (TPSA) is 96.2 Å². The lowest BCUT2D eigenvalue weighted by atomic mass is 9.88. The van der Waals surface area contributed by atoms with Crippen LogP contribution in [0.2, 0.25) is 0 Å². The summed E-state index contributed by atoms with van der Waals surface area (Å²) in [6.07, 6.45) is 4.68. The summed E-state index contributed by atoms with van der Waals surface area (Å²) in [7, 11) is 3.67. The van der Waals surface area contributed by atoms with Crippen LogP contribution in [-0.2, 0) is 4.74 Å². The standard InChI is InChI=1S/C37H45FN7O4S/c1-22(37-14-9-15-44(37)19-24(38)18-37)48-33-40-31(43-20-25-12-13-26(21-43)45(25)35(46)49-36(2,3)4)30-32(41-33)50-34(39-30)42(5)29-17-27(47-6)16-23-10-7-8-11-28(23)29/h7-8,10-11,16-17,20,22,24-26H,9,12-15,18-19,21H2,1-6H3/q+1/t22?,24-,25?,26?,37+/m1/s1. The number of hydrogen-bond acceptors (Lipinski definition) is 10. The maximum absolute atomic E-state index is 14.7. The normalized spacial score (nSPS) is 25.5. The Morgan fingerprint density at radius 3 is 2.78 bits per heavy atom. The van der Waals surface area contributed by atoms with E-state index in [1.165, 1.54) is 11.3 Å². The summed E-state index contributed by atoms with van der Waals surface area (Å²) in [5, 5.41) is 2.88. The number of nitrogens with zero attached hydrogens (tertiary/aromatic N) is 7. The third kappa shape index (κ3) is 5.71. The van der Waals surface area contributed by atoms with Gasteiger partial charge in [-0.05, 0) is 71.4 Å². The molecule has 3 fully saturated rings. The van der Waals surface area contributed by atoms with Gasteiger partial charge in [0, 0.05) is 36.4 Å². The number of benzene rings is 2. The zero-order valence-electron chi connectivity index (χ0n) is 29.6. The Hall–Kier alpha value is -4.10. The van der Waals surface area contributed by atoms with Crippen molar-refractivity contribution in [1.82, 2.24) is 24.8 Å². The van der Waals surface area contributed by atoms with E-state index in [0.29, 0.717) is 35.7 Å². The Kier molecular flexibility index (Phi) is 8.13. The quantitative estimate of drug-likeness (QED) is 0.192. The summed E-state index contributed by atoms with van der Waals surface area (Å²) in [5.41, 5.74) is 0.671. The molecular formula is C37H45FN7O4S+. The van der Waals surface area contributed by atoms with Crippen LogP contribution in [0.3, 0.4) is 0 Å². The van der Waals surface area contributed by atoms with Gasteiger partial charge < -0.3 is 19.1 Å². The number of aromatic nitrogens is 3. The van der Waals surface area contributed by atoms with E-state index >= 15 is 0 Å². The molecule has 264 valence electrons. The summed E-state index contributed by atoms with van der Waals surface area (Å²) >= 11 is 1.47. The summed E-state index contributed by atoms with van der Waals surface area (Å²) in [6.45, 7) is 9.56. The number of alkyl halides is 1. The highest BCUT2D eigenvalue weighted by Crippen LogP contribution is 2.45. The van der Waals surface area contributed by atoms with E-state index in [-0.39, 0.29) is 35.8 Å². The van der Waals surface area contributed by atoms with Crippen molar-refractivity contribution >= 4 is 61.4 Å². The van der Waals surface area contributed by atoms with Gasteiger partial charge in [0.15, 0.2) is 15.5 Å². The van der Waals surface area contributed by atoms with Crippen molar-refractivity contribution in [3.8, 4) is 11.8 Å². The Balaban J connectivity index is 1.20. The number of carbonyl (C=O) groups excluding carboxylic acids is 1. The molecule has 0 N–H and O–H groups in total. The molecule has 3 saturated heterocycles. The molecule has 5 atom stereocenters. The average Bonchev–Trinajstić information content (AvgIpc) is 3.82. The van der Waals surface area contributed by atoms with E-state index in [0.717, 1.165) is 59.6 Å². The van der Waals surface area contributed by atoms with Gasteiger partial charge in [0.2, 0.25) is 0 Å². The first kappa shape index (κ1) is 33.1. The minimum Gasteiger partial charge on any atom is -0.497 e. The number of amides is 1. The molecule has 0 saturated carbocycles. The number of thiazole rings is 1. The minimum absolute atomic E-state index is 0.0389. The maximum Gasteiger partial charge on any atom is 0.435 e. The molecule has 1 amide bonds. The largest absolute Gasteiger partial charge is 0.497 e. The lowest BCUT2D eigenvalue weighted by Crippen LogP contribution is -2.51. The van der Waals surface area contributed by atoms with Crippen LogP contribution in [0.5, 0.6) is 11.8 Å². The fourth-order valence-corrected chi connectivity index (χ4v) is 9.37. The van der Waals surface area contributed by atoms with Crippen molar-refractivity contribution in [2.75, 3.05) is 38.7 Å². The first-order valence-corrected chi connectivity index (χ1v) is 18.4. The Bertz CT molecular complexity index is 2000. The second kappa shape index (κ2) is 12.3. The highest BCUT2D eigenvalue weighted by atomic mass is 32.1. The first-order valence-electron chi connectivity index (χ1n) is 17.6. The fraction of sp³-hybridized carbons (Fsp3) is 0.541. The number of fused-ring (bicyclic) bond motifs is 5. The van der Waals surface area contributed by atoms with Crippen LogP contribution in [-0.4, -0.2) is 111 Å². The third-order valence-corrected chi connectivity index (χ3v) is 11.8. The number of hydrogen-bond donors (Lipinski definition) is 0. The van der Waals surface area contributed by atoms with Crippen molar-refractivity contribution in [2.45, 2.75) is 95.3 Å². The van der Waals surface area contributed by atoms with E-state index in [9.17, 15) is 9.18 Å². The Morgan fingerprint density at radius 1 is 1.18 bits per heavy atom. The van der Waals surface area contributed by atoms with E-state index < -0.39 is 11.8 Å². The zero-order valence-corrected chi connectivity index (χ0v) is 30.4. The first-order chi connectivity index (χ1) is 23.9.